The van der Waals surface area contributed by atoms with E-state index in [2.05, 4.69) is 23.5 Å². The lowest BCUT2D eigenvalue weighted by atomic mass is 10.1. The summed E-state index contributed by atoms with van der Waals surface area (Å²) in [5, 5.41) is 3.40. The number of ether oxygens (including phenoxy) is 1. The normalized spacial score (nSPS) is 20.0. The molecule has 1 aliphatic heterocycles. The molecule has 0 aromatic carbocycles. The zero-order valence-electron chi connectivity index (χ0n) is 19.6. The summed E-state index contributed by atoms with van der Waals surface area (Å²) in [6, 6.07) is -0.00566. The third-order valence-electron chi connectivity index (χ3n) is 4.47. The summed E-state index contributed by atoms with van der Waals surface area (Å²) in [7, 11) is 0. The van der Waals surface area contributed by atoms with Crippen molar-refractivity contribution >= 4 is 6.09 Å². The van der Waals surface area contributed by atoms with Gasteiger partial charge in [0.05, 0.1) is 12.6 Å². The first kappa shape index (κ1) is 26.9. The van der Waals surface area contributed by atoms with Crippen molar-refractivity contribution in [3.63, 3.8) is 0 Å². The molecule has 0 aromatic rings. The van der Waals surface area contributed by atoms with E-state index >= 15 is 0 Å². The van der Waals surface area contributed by atoms with E-state index in [-0.39, 0.29) is 18.2 Å². The number of nitrogens with zero attached hydrogens (tertiary/aromatic N) is 1. The van der Waals surface area contributed by atoms with E-state index in [4.69, 9.17) is 4.74 Å². The van der Waals surface area contributed by atoms with E-state index < -0.39 is 0 Å². The number of cyclic esters (lactones) is 1. The minimum Gasteiger partial charge on any atom is -0.443 e. The summed E-state index contributed by atoms with van der Waals surface area (Å²) in [5.74, 6) is 0. The number of carbonyl (C=O) groups is 1. The second kappa shape index (κ2) is 16.8. The molecule has 1 amide bonds. The molecule has 0 saturated carbocycles. The van der Waals surface area contributed by atoms with Gasteiger partial charge in [-0.2, -0.15) is 0 Å². The number of carbonyl (C=O) groups excluding carboxylic acids is 1. The molecule has 1 aliphatic carbocycles. The molecule has 2 aliphatic rings. The molecule has 1 heterocycles. The first-order valence-electron chi connectivity index (χ1n) is 11.1. The molecule has 2 rings (SSSR count). The maximum Gasteiger partial charge on any atom is 0.410 e. The molecule has 1 saturated heterocycles. The van der Waals surface area contributed by atoms with Gasteiger partial charge in [-0.1, -0.05) is 76.3 Å². The van der Waals surface area contributed by atoms with Gasteiger partial charge in [0.15, 0.2) is 0 Å². The van der Waals surface area contributed by atoms with Crippen LogP contribution in [0.5, 0.6) is 0 Å². The molecule has 4 nitrogen and oxygen atoms in total. The Labute approximate surface area is 179 Å². The molecule has 1 unspecified atom stereocenters. The van der Waals surface area contributed by atoms with Crippen molar-refractivity contribution in [2.45, 2.75) is 73.5 Å². The average molecular weight is 403 g/mol. The summed E-state index contributed by atoms with van der Waals surface area (Å²) >= 11 is 0. The molecule has 2 atom stereocenters. The fourth-order valence-corrected chi connectivity index (χ4v) is 3.05. The van der Waals surface area contributed by atoms with Crippen molar-refractivity contribution in [3.05, 3.63) is 59.8 Å². The Hall–Kier alpha value is -2.07. The molecular formula is C25H42N2O2. The fraction of sp³-hybridized carbons (Fsp3) is 0.560. The quantitative estimate of drug-likeness (QED) is 0.492. The summed E-state index contributed by atoms with van der Waals surface area (Å²) < 4.78 is 5.53. The Morgan fingerprint density at radius 1 is 1.24 bits per heavy atom. The Morgan fingerprint density at radius 2 is 1.97 bits per heavy atom. The molecule has 4 heteroatoms. The lowest BCUT2D eigenvalue weighted by Gasteiger charge is -2.23. The molecule has 0 aromatic heterocycles. The summed E-state index contributed by atoms with van der Waals surface area (Å²) in [6.07, 6.45) is 18.6. The van der Waals surface area contributed by atoms with Gasteiger partial charge in [0.25, 0.3) is 0 Å². The van der Waals surface area contributed by atoms with Crippen LogP contribution >= 0.6 is 0 Å². The number of nitrogens with one attached hydrogen (secondary N) is 1. The fourth-order valence-electron chi connectivity index (χ4n) is 3.05. The predicted octanol–water partition coefficient (Wildman–Crippen LogP) is 6.19. The zero-order chi connectivity index (χ0) is 22.1. The van der Waals surface area contributed by atoms with E-state index in [0.29, 0.717) is 13.1 Å². The number of hydrogen-bond acceptors (Lipinski definition) is 3. The van der Waals surface area contributed by atoms with Crippen LogP contribution in [0.2, 0.25) is 0 Å². The average Bonchev–Trinajstić information content (AvgIpc) is 3.14. The second-order valence-electron chi connectivity index (χ2n) is 6.42. The minimum absolute atomic E-state index is 0.00566. The topological polar surface area (TPSA) is 41.6 Å². The van der Waals surface area contributed by atoms with Crippen LogP contribution in [0, 0.1) is 0 Å². The van der Waals surface area contributed by atoms with Crippen LogP contribution in [0.1, 0.15) is 61.3 Å². The first-order valence-corrected chi connectivity index (χ1v) is 11.1. The van der Waals surface area contributed by atoms with Crippen molar-refractivity contribution in [1.29, 1.82) is 0 Å². The van der Waals surface area contributed by atoms with E-state index in [9.17, 15) is 4.79 Å². The highest BCUT2D eigenvalue weighted by Crippen LogP contribution is 2.20. The summed E-state index contributed by atoms with van der Waals surface area (Å²) in [4.78, 5) is 14.1. The van der Waals surface area contributed by atoms with Gasteiger partial charge in [0, 0.05) is 13.1 Å². The maximum absolute atomic E-state index is 12.3. The van der Waals surface area contributed by atoms with Crippen LogP contribution < -0.4 is 5.32 Å². The maximum atomic E-state index is 12.3. The Bertz CT molecular complexity index is 600. The van der Waals surface area contributed by atoms with Gasteiger partial charge in [-0.25, -0.2) is 4.79 Å². The van der Waals surface area contributed by atoms with E-state index in [1.165, 1.54) is 5.57 Å². The van der Waals surface area contributed by atoms with Crippen molar-refractivity contribution in [1.82, 2.24) is 10.2 Å². The van der Waals surface area contributed by atoms with Gasteiger partial charge in [-0.15, -0.1) is 0 Å². The minimum atomic E-state index is -0.230. The number of allylic oxidation sites excluding steroid dienone is 6. The first-order chi connectivity index (χ1) is 14.2. The van der Waals surface area contributed by atoms with Crippen molar-refractivity contribution < 1.29 is 9.53 Å². The van der Waals surface area contributed by atoms with Gasteiger partial charge >= 0.3 is 6.09 Å². The third-order valence-corrected chi connectivity index (χ3v) is 4.47. The highest BCUT2D eigenvalue weighted by Gasteiger charge is 2.34. The Balaban J connectivity index is 0.00000184. The Kier molecular flexibility index (Phi) is 15.6. The Morgan fingerprint density at radius 3 is 2.55 bits per heavy atom. The van der Waals surface area contributed by atoms with Crippen molar-refractivity contribution in [3.8, 4) is 0 Å². The number of amides is 1. The molecule has 0 radical (unpaired) electrons. The molecule has 29 heavy (non-hydrogen) atoms. The molecule has 0 bridgehead atoms. The van der Waals surface area contributed by atoms with Gasteiger partial charge in [-0.3, -0.25) is 4.90 Å². The van der Waals surface area contributed by atoms with E-state index in [0.717, 1.165) is 25.0 Å². The van der Waals surface area contributed by atoms with Gasteiger partial charge < -0.3 is 10.1 Å². The largest absolute Gasteiger partial charge is 0.443 e. The molecular weight excluding hydrogens is 360 g/mol. The zero-order valence-corrected chi connectivity index (χ0v) is 19.6. The molecule has 1 fully saturated rings. The van der Waals surface area contributed by atoms with E-state index in [1.807, 2.05) is 83.7 Å². The standard InChI is InChI=1S/C21H30N2O2.2C2H6/c1-4-6-13-19(10-5-2)17(3)23-16-20(25-21(23)24)15-22-14-18-11-8-7-9-12-18;2*1-2/h4-6,8,10-13,17,20,22H,7,9,14-16H2,1-3H3;2*1-2H3/b6-4-,10-5-,19-13+;;/t17-,20?;;/m0../s1. The van der Waals surface area contributed by atoms with Crippen LogP contribution in [0.4, 0.5) is 4.79 Å². The van der Waals surface area contributed by atoms with Crippen LogP contribution in [-0.2, 0) is 4.74 Å². The van der Waals surface area contributed by atoms with Crippen LogP contribution in [0.3, 0.4) is 0 Å². The third kappa shape index (κ3) is 9.80. The number of hydrogen-bond donors (Lipinski definition) is 1. The molecule has 1 N–H and O–H groups in total. The van der Waals surface area contributed by atoms with E-state index in [1.54, 1.807) is 0 Å². The summed E-state index contributed by atoms with van der Waals surface area (Å²) in [5.41, 5.74) is 2.41. The monoisotopic (exact) mass is 402 g/mol. The van der Waals surface area contributed by atoms with Gasteiger partial charge in [-0.05, 0) is 44.8 Å². The van der Waals surface area contributed by atoms with Gasteiger partial charge in [0.1, 0.15) is 6.10 Å². The second-order valence-corrected chi connectivity index (χ2v) is 6.42. The highest BCUT2D eigenvalue weighted by atomic mass is 16.6. The van der Waals surface area contributed by atoms with Crippen molar-refractivity contribution in [2.75, 3.05) is 19.6 Å². The van der Waals surface area contributed by atoms with Crippen molar-refractivity contribution in [2.24, 2.45) is 0 Å². The SMILES string of the molecule is CC.CC.C\C=C/C=C(\C=C/C)[C@H](C)N1CC(CNCC2=CCCC=C2)OC1=O. The lowest BCUT2D eigenvalue weighted by molar-refractivity contribution is 0.130. The van der Waals surface area contributed by atoms with Crippen LogP contribution in [0.25, 0.3) is 0 Å². The van der Waals surface area contributed by atoms with Crippen LogP contribution in [-0.4, -0.2) is 42.8 Å². The van der Waals surface area contributed by atoms with Crippen LogP contribution in [0.15, 0.2) is 59.8 Å². The predicted molar refractivity (Wildman–Crippen MR) is 126 cm³/mol. The lowest BCUT2D eigenvalue weighted by Crippen LogP contribution is -2.37. The molecule has 0 spiro atoms. The highest BCUT2D eigenvalue weighted by molar-refractivity contribution is 5.71. The number of rotatable bonds is 8. The smallest absolute Gasteiger partial charge is 0.410 e. The molecule has 164 valence electrons. The van der Waals surface area contributed by atoms with Gasteiger partial charge in [0.2, 0.25) is 0 Å². The summed E-state index contributed by atoms with van der Waals surface area (Å²) in [6.45, 7) is 16.1.